The summed E-state index contributed by atoms with van der Waals surface area (Å²) >= 11 is 0. The van der Waals surface area contributed by atoms with Crippen LogP contribution in [0.15, 0.2) is 42.6 Å². The van der Waals surface area contributed by atoms with Gasteiger partial charge in [-0.3, -0.25) is 4.98 Å². The molecule has 3 rings (SSSR count). The molecule has 0 bridgehead atoms. The highest BCUT2D eigenvalue weighted by Gasteiger charge is 2.52. The Labute approximate surface area is 130 Å². The molecule has 1 saturated heterocycles. The highest BCUT2D eigenvalue weighted by atomic mass is 19.1. The van der Waals surface area contributed by atoms with Crippen LogP contribution in [0.25, 0.3) is 11.1 Å². The van der Waals surface area contributed by atoms with Crippen molar-refractivity contribution in [1.82, 2.24) is 4.98 Å². The van der Waals surface area contributed by atoms with Crippen molar-refractivity contribution in [2.75, 3.05) is 0 Å². The predicted molar refractivity (Wildman–Crippen MR) is 85.3 cm³/mol. The number of halogens is 1. The zero-order valence-electron chi connectivity index (χ0n) is 13.3. The molecule has 114 valence electrons. The zero-order chi connectivity index (χ0) is 16.0. The molecule has 1 aromatic carbocycles. The summed E-state index contributed by atoms with van der Waals surface area (Å²) in [5.74, 6) is -0.258. The van der Waals surface area contributed by atoms with Gasteiger partial charge in [0.15, 0.2) is 0 Å². The van der Waals surface area contributed by atoms with Gasteiger partial charge in [-0.15, -0.1) is 0 Å². The maximum absolute atomic E-state index is 13.4. The lowest BCUT2D eigenvalue weighted by Gasteiger charge is -2.32. The summed E-state index contributed by atoms with van der Waals surface area (Å²) in [6.45, 7) is 8.01. The Balaban J connectivity index is 1.93. The topological polar surface area (TPSA) is 31.4 Å². The first-order chi connectivity index (χ1) is 10.3. The van der Waals surface area contributed by atoms with Gasteiger partial charge in [0.05, 0.1) is 16.8 Å². The smallest absolute Gasteiger partial charge is 0.398 e. The second-order valence-corrected chi connectivity index (χ2v) is 6.57. The minimum absolute atomic E-state index is 0.258. The molecule has 0 unspecified atom stereocenters. The van der Waals surface area contributed by atoms with Gasteiger partial charge in [-0.2, -0.15) is 0 Å². The fraction of sp³-hybridized carbons (Fsp3) is 0.353. The highest BCUT2D eigenvalue weighted by Crippen LogP contribution is 2.36. The van der Waals surface area contributed by atoms with Crippen molar-refractivity contribution >= 4 is 12.7 Å². The van der Waals surface area contributed by atoms with Crippen LogP contribution in [0, 0.1) is 5.82 Å². The van der Waals surface area contributed by atoms with Crippen LogP contribution >= 0.6 is 0 Å². The summed E-state index contributed by atoms with van der Waals surface area (Å²) < 4.78 is 25.4. The number of aromatic nitrogens is 1. The first kappa shape index (κ1) is 15.2. The van der Waals surface area contributed by atoms with E-state index < -0.39 is 18.3 Å². The minimum atomic E-state index is -0.515. The Kier molecular flexibility index (Phi) is 3.58. The van der Waals surface area contributed by atoms with Gasteiger partial charge in [-0.05, 0) is 63.1 Å². The molecule has 0 radical (unpaired) electrons. The molecular formula is C17H19BFNO2. The van der Waals surface area contributed by atoms with E-state index in [-0.39, 0.29) is 5.82 Å². The quantitative estimate of drug-likeness (QED) is 0.798. The van der Waals surface area contributed by atoms with E-state index >= 15 is 0 Å². The maximum Gasteiger partial charge on any atom is 0.514 e. The molecule has 0 N–H and O–H groups in total. The average molecular weight is 299 g/mol. The number of pyridine rings is 1. The molecule has 1 aliphatic rings. The van der Waals surface area contributed by atoms with Crippen molar-refractivity contribution in [1.29, 1.82) is 0 Å². The maximum atomic E-state index is 13.4. The van der Waals surface area contributed by atoms with E-state index in [1.807, 2.05) is 45.9 Å². The number of hydrogen-bond acceptors (Lipinski definition) is 3. The molecule has 0 spiro atoms. The van der Waals surface area contributed by atoms with Gasteiger partial charge in [0.25, 0.3) is 0 Å². The Bertz CT molecular complexity index is 687. The minimum Gasteiger partial charge on any atom is -0.398 e. The van der Waals surface area contributed by atoms with Crippen LogP contribution in [0.1, 0.15) is 27.7 Å². The molecule has 3 nitrogen and oxygen atoms in total. The fourth-order valence-corrected chi connectivity index (χ4v) is 2.39. The second-order valence-electron chi connectivity index (χ2n) is 6.57. The van der Waals surface area contributed by atoms with Crippen molar-refractivity contribution in [3.8, 4) is 11.1 Å². The number of benzene rings is 1. The summed E-state index contributed by atoms with van der Waals surface area (Å²) in [4.78, 5) is 4.36. The van der Waals surface area contributed by atoms with E-state index in [4.69, 9.17) is 9.31 Å². The highest BCUT2D eigenvalue weighted by molar-refractivity contribution is 6.61. The zero-order valence-corrected chi connectivity index (χ0v) is 13.3. The van der Waals surface area contributed by atoms with Gasteiger partial charge < -0.3 is 9.31 Å². The van der Waals surface area contributed by atoms with E-state index in [2.05, 4.69) is 4.98 Å². The van der Waals surface area contributed by atoms with Crippen LogP contribution in [-0.4, -0.2) is 23.3 Å². The van der Waals surface area contributed by atoms with Crippen molar-refractivity contribution < 1.29 is 13.7 Å². The standard InChI is InChI=1S/C17H19BFNO2/c1-16(2)17(3,4)22-18(21-16)15-11-13(8-9-20-15)12-6-5-7-14(19)10-12/h5-11H,1-4H3. The molecule has 2 heterocycles. The summed E-state index contributed by atoms with van der Waals surface area (Å²) in [5.41, 5.74) is 1.57. The van der Waals surface area contributed by atoms with Gasteiger partial charge in [-0.25, -0.2) is 4.39 Å². The Morgan fingerprint density at radius 1 is 0.955 bits per heavy atom. The third-order valence-electron chi connectivity index (χ3n) is 4.43. The van der Waals surface area contributed by atoms with Crippen LogP contribution in [0.2, 0.25) is 0 Å². The van der Waals surface area contributed by atoms with Crippen LogP contribution in [0.4, 0.5) is 4.39 Å². The van der Waals surface area contributed by atoms with Crippen molar-refractivity contribution in [3.63, 3.8) is 0 Å². The van der Waals surface area contributed by atoms with Gasteiger partial charge >= 0.3 is 7.12 Å². The van der Waals surface area contributed by atoms with E-state index in [1.54, 1.807) is 12.3 Å². The molecule has 1 aliphatic heterocycles. The first-order valence-corrected chi connectivity index (χ1v) is 7.36. The van der Waals surface area contributed by atoms with Crippen molar-refractivity contribution in [2.45, 2.75) is 38.9 Å². The third-order valence-corrected chi connectivity index (χ3v) is 4.43. The molecule has 0 atom stereocenters. The lowest BCUT2D eigenvalue weighted by Crippen LogP contribution is -2.41. The Hall–Kier alpha value is -1.72. The first-order valence-electron chi connectivity index (χ1n) is 7.36. The normalized spacial score (nSPS) is 19.4. The lowest BCUT2D eigenvalue weighted by molar-refractivity contribution is 0.00578. The van der Waals surface area contributed by atoms with Gasteiger partial charge in [0.2, 0.25) is 0 Å². The third kappa shape index (κ3) is 2.66. The second kappa shape index (κ2) is 5.18. The molecule has 5 heteroatoms. The molecule has 22 heavy (non-hydrogen) atoms. The van der Waals surface area contributed by atoms with Gasteiger partial charge in [0.1, 0.15) is 5.82 Å². The molecular weight excluding hydrogens is 280 g/mol. The summed E-state index contributed by atoms with van der Waals surface area (Å²) in [5, 5.41) is 0. The molecule has 1 fully saturated rings. The summed E-state index contributed by atoms with van der Waals surface area (Å²) in [7, 11) is -0.515. The average Bonchev–Trinajstić information content (AvgIpc) is 2.68. The molecule has 0 aliphatic carbocycles. The number of rotatable bonds is 2. The SMILES string of the molecule is CC1(C)OB(c2cc(-c3cccc(F)c3)ccn2)OC1(C)C. The van der Waals surface area contributed by atoms with Gasteiger partial charge in [-0.1, -0.05) is 12.1 Å². The van der Waals surface area contributed by atoms with Crippen LogP contribution in [0.3, 0.4) is 0 Å². The van der Waals surface area contributed by atoms with Crippen LogP contribution in [-0.2, 0) is 9.31 Å². The van der Waals surface area contributed by atoms with E-state index in [0.717, 1.165) is 11.1 Å². The monoisotopic (exact) mass is 299 g/mol. The van der Waals surface area contributed by atoms with E-state index in [0.29, 0.717) is 5.59 Å². The van der Waals surface area contributed by atoms with E-state index in [9.17, 15) is 4.39 Å². The predicted octanol–water partition coefficient (Wildman–Crippen LogP) is 3.19. The Morgan fingerprint density at radius 2 is 1.59 bits per heavy atom. The number of hydrogen-bond donors (Lipinski definition) is 0. The van der Waals surface area contributed by atoms with Crippen LogP contribution < -0.4 is 5.59 Å². The molecule has 0 amide bonds. The largest absolute Gasteiger partial charge is 0.514 e. The Morgan fingerprint density at radius 3 is 2.23 bits per heavy atom. The molecule has 2 aromatic rings. The van der Waals surface area contributed by atoms with Gasteiger partial charge in [0, 0.05) is 6.20 Å². The summed E-state index contributed by atoms with van der Waals surface area (Å²) in [6.07, 6.45) is 1.70. The van der Waals surface area contributed by atoms with Crippen molar-refractivity contribution in [2.24, 2.45) is 0 Å². The molecule has 0 saturated carbocycles. The van der Waals surface area contributed by atoms with Crippen LogP contribution in [0.5, 0.6) is 0 Å². The molecule has 1 aromatic heterocycles. The number of nitrogens with zero attached hydrogens (tertiary/aromatic N) is 1. The van der Waals surface area contributed by atoms with Crippen molar-refractivity contribution in [3.05, 3.63) is 48.4 Å². The summed E-state index contributed by atoms with van der Waals surface area (Å²) in [6, 6.07) is 10.2. The lowest BCUT2D eigenvalue weighted by atomic mass is 9.83. The van der Waals surface area contributed by atoms with E-state index in [1.165, 1.54) is 12.1 Å². The fourth-order valence-electron chi connectivity index (χ4n) is 2.39.